The Morgan fingerprint density at radius 3 is 2.43 bits per heavy atom. The Labute approximate surface area is 171 Å². The predicted molar refractivity (Wildman–Crippen MR) is 111 cm³/mol. The van der Waals surface area contributed by atoms with Crippen molar-refractivity contribution in [3.05, 3.63) is 21.9 Å². The summed E-state index contributed by atoms with van der Waals surface area (Å²) >= 11 is 1.27. The molecule has 0 aliphatic carbocycles. The Kier molecular flexibility index (Phi) is 7.62. The molecular formula is C21H31N3O3S. The second kappa shape index (κ2) is 10.2. The van der Waals surface area contributed by atoms with E-state index in [0.717, 1.165) is 45.3 Å². The highest BCUT2D eigenvalue weighted by molar-refractivity contribution is 7.15. The maximum Gasteiger partial charge on any atom is 0.263 e. The summed E-state index contributed by atoms with van der Waals surface area (Å²) in [5.74, 6) is 0.112. The molecule has 0 bridgehead atoms. The van der Waals surface area contributed by atoms with Crippen LogP contribution in [0.25, 0.3) is 0 Å². The largest absolute Gasteiger partial charge is 0.356 e. The number of amides is 2. The molecule has 2 aliphatic heterocycles. The molecule has 1 aromatic heterocycles. The molecule has 0 spiro atoms. The van der Waals surface area contributed by atoms with Crippen LogP contribution in [0.5, 0.6) is 0 Å². The summed E-state index contributed by atoms with van der Waals surface area (Å²) in [6.07, 6.45) is 6.85. The van der Waals surface area contributed by atoms with Crippen molar-refractivity contribution in [2.45, 2.75) is 57.9 Å². The number of hydrogen-bond donors (Lipinski definition) is 1. The molecule has 0 radical (unpaired) electrons. The second-order valence-corrected chi connectivity index (χ2v) is 8.90. The maximum atomic E-state index is 12.9. The van der Waals surface area contributed by atoms with E-state index in [1.807, 2.05) is 4.90 Å². The van der Waals surface area contributed by atoms with Crippen LogP contribution in [-0.4, -0.2) is 66.2 Å². The summed E-state index contributed by atoms with van der Waals surface area (Å²) in [7, 11) is 0. The molecule has 0 aromatic carbocycles. The Hall–Kier alpha value is -1.73. The first-order valence-corrected chi connectivity index (χ1v) is 11.3. The van der Waals surface area contributed by atoms with Crippen molar-refractivity contribution in [3.63, 3.8) is 0 Å². The number of carbonyl (C=O) groups excluding carboxylic acids is 3. The molecule has 1 N–H and O–H groups in total. The highest BCUT2D eigenvalue weighted by atomic mass is 32.1. The molecule has 2 amide bonds. The molecule has 2 saturated heterocycles. The van der Waals surface area contributed by atoms with Crippen molar-refractivity contribution in [2.75, 3.05) is 32.7 Å². The number of rotatable bonds is 2. The third-order valence-corrected chi connectivity index (χ3v) is 6.85. The van der Waals surface area contributed by atoms with Crippen molar-refractivity contribution < 1.29 is 14.4 Å². The lowest BCUT2D eigenvalue weighted by molar-refractivity contribution is -0.122. The van der Waals surface area contributed by atoms with E-state index in [-0.39, 0.29) is 17.6 Å². The van der Waals surface area contributed by atoms with Crippen molar-refractivity contribution in [1.29, 1.82) is 0 Å². The molecule has 3 heterocycles. The summed E-state index contributed by atoms with van der Waals surface area (Å²) in [6.45, 7) is 5.53. The molecule has 1 unspecified atom stereocenters. The average Bonchev–Trinajstić information content (AvgIpc) is 3.17. The molecular weight excluding hydrogens is 374 g/mol. The zero-order chi connectivity index (χ0) is 19.9. The van der Waals surface area contributed by atoms with Gasteiger partial charge in [-0.1, -0.05) is 6.42 Å². The Bertz CT molecular complexity index is 703. The molecule has 2 fully saturated rings. The van der Waals surface area contributed by atoms with E-state index in [2.05, 4.69) is 10.2 Å². The van der Waals surface area contributed by atoms with Gasteiger partial charge in [0, 0.05) is 32.1 Å². The Morgan fingerprint density at radius 1 is 1.00 bits per heavy atom. The van der Waals surface area contributed by atoms with Gasteiger partial charge in [-0.2, -0.15) is 0 Å². The van der Waals surface area contributed by atoms with Gasteiger partial charge in [0.25, 0.3) is 5.91 Å². The summed E-state index contributed by atoms with van der Waals surface area (Å²) in [5, 5.41) is 3.03. The standard InChI is InChI=1S/C21H31N3O3S/c1-16(25)18-8-9-19(28-18)21(27)24-13-5-4-12-23-11-3-2-7-17(23)15-20(26)22-10-6-14-24/h8-9,17H,2-7,10-15H2,1H3,(H,22,26). The monoisotopic (exact) mass is 405 g/mol. The lowest BCUT2D eigenvalue weighted by Crippen LogP contribution is -2.43. The minimum atomic E-state index is -0.00668. The molecule has 2 aliphatic rings. The number of piperidine rings is 1. The summed E-state index contributed by atoms with van der Waals surface area (Å²) in [6, 6.07) is 3.85. The van der Waals surface area contributed by atoms with Gasteiger partial charge < -0.3 is 10.2 Å². The Balaban J connectivity index is 1.64. The lowest BCUT2D eigenvalue weighted by atomic mass is 9.98. The molecule has 28 heavy (non-hydrogen) atoms. The van der Waals surface area contributed by atoms with Gasteiger partial charge in [-0.3, -0.25) is 19.3 Å². The highest BCUT2D eigenvalue weighted by Gasteiger charge is 2.25. The fourth-order valence-corrected chi connectivity index (χ4v) is 4.97. The fourth-order valence-electron chi connectivity index (χ4n) is 4.10. The van der Waals surface area contributed by atoms with Crippen LogP contribution in [0.1, 0.15) is 71.2 Å². The van der Waals surface area contributed by atoms with Gasteiger partial charge in [0.05, 0.1) is 9.75 Å². The van der Waals surface area contributed by atoms with E-state index in [4.69, 9.17) is 0 Å². The zero-order valence-corrected chi connectivity index (χ0v) is 17.6. The SMILES string of the molecule is CC(=O)c1ccc(C(=O)N2CCCCN3CCCCC3CC(=O)NCCC2)s1. The first-order valence-electron chi connectivity index (χ1n) is 10.5. The van der Waals surface area contributed by atoms with Crippen LogP contribution in [0.15, 0.2) is 12.1 Å². The van der Waals surface area contributed by atoms with Gasteiger partial charge in [0.1, 0.15) is 0 Å². The lowest BCUT2D eigenvalue weighted by Gasteiger charge is -2.35. The van der Waals surface area contributed by atoms with Gasteiger partial charge in [-0.15, -0.1) is 11.3 Å². The van der Waals surface area contributed by atoms with Gasteiger partial charge in [-0.05, 0) is 64.3 Å². The average molecular weight is 406 g/mol. The summed E-state index contributed by atoms with van der Waals surface area (Å²) in [5.41, 5.74) is 0. The van der Waals surface area contributed by atoms with Crippen LogP contribution in [0.4, 0.5) is 0 Å². The smallest absolute Gasteiger partial charge is 0.263 e. The Morgan fingerprint density at radius 2 is 1.68 bits per heavy atom. The normalized spacial score (nSPS) is 23.0. The molecule has 154 valence electrons. The molecule has 7 heteroatoms. The third kappa shape index (κ3) is 5.64. The minimum absolute atomic E-state index is 0.00505. The van der Waals surface area contributed by atoms with Gasteiger partial charge in [0.15, 0.2) is 5.78 Å². The number of thiophene rings is 1. The van der Waals surface area contributed by atoms with Crippen LogP contribution < -0.4 is 5.32 Å². The van der Waals surface area contributed by atoms with Crippen LogP contribution in [0.3, 0.4) is 0 Å². The van der Waals surface area contributed by atoms with Gasteiger partial charge >= 0.3 is 0 Å². The first kappa shape index (κ1) is 21.0. The van der Waals surface area contributed by atoms with Crippen LogP contribution in [-0.2, 0) is 4.79 Å². The second-order valence-electron chi connectivity index (χ2n) is 7.81. The summed E-state index contributed by atoms with van der Waals surface area (Å²) < 4.78 is 0. The van der Waals surface area contributed by atoms with Crippen molar-refractivity contribution in [2.24, 2.45) is 0 Å². The van der Waals surface area contributed by atoms with E-state index in [1.165, 1.54) is 31.1 Å². The van der Waals surface area contributed by atoms with E-state index in [0.29, 0.717) is 35.3 Å². The molecule has 6 nitrogen and oxygen atoms in total. The van der Waals surface area contributed by atoms with E-state index < -0.39 is 0 Å². The number of fused-ring (bicyclic) bond motifs is 1. The topological polar surface area (TPSA) is 69.7 Å². The maximum absolute atomic E-state index is 12.9. The number of carbonyl (C=O) groups is 3. The number of nitrogens with one attached hydrogen (secondary N) is 1. The van der Waals surface area contributed by atoms with Crippen molar-refractivity contribution >= 4 is 28.9 Å². The van der Waals surface area contributed by atoms with E-state index in [1.54, 1.807) is 12.1 Å². The zero-order valence-electron chi connectivity index (χ0n) is 16.7. The minimum Gasteiger partial charge on any atom is -0.356 e. The first-order chi connectivity index (χ1) is 13.5. The molecule has 3 rings (SSSR count). The summed E-state index contributed by atoms with van der Waals surface area (Å²) in [4.78, 5) is 42.4. The molecule has 1 atom stereocenters. The third-order valence-electron chi connectivity index (χ3n) is 5.67. The predicted octanol–water partition coefficient (Wildman–Crippen LogP) is 2.94. The number of Topliss-reactive ketones (excluding diaryl/α,β-unsaturated/α-hetero) is 1. The molecule has 1 aromatic rings. The fraction of sp³-hybridized carbons (Fsp3) is 0.667. The van der Waals surface area contributed by atoms with Crippen LogP contribution >= 0.6 is 11.3 Å². The quantitative estimate of drug-likeness (QED) is 0.768. The van der Waals surface area contributed by atoms with E-state index >= 15 is 0 Å². The van der Waals surface area contributed by atoms with Gasteiger partial charge in [0.2, 0.25) is 5.91 Å². The van der Waals surface area contributed by atoms with Crippen molar-refractivity contribution in [1.82, 2.24) is 15.1 Å². The number of ketones is 1. The van der Waals surface area contributed by atoms with Crippen molar-refractivity contribution in [3.8, 4) is 0 Å². The van der Waals surface area contributed by atoms with Crippen LogP contribution in [0.2, 0.25) is 0 Å². The number of hydrogen-bond acceptors (Lipinski definition) is 5. The highest BCUT2D eigenvalue weighted by Crippen LogP contribution is 2.22. The molecule has 0 saturated carbocycles. The van der Waals surface area contributed by atoms with E-state index in [9.17, 15) is 14.4 Å². The van der Waals surface area contributed by atoms with Gasteiger partial charge in [-0.25, -0.2) is 0 Å². The van der Waals surface area contributed by atoms with Crippen LogP contribution in [0, 0.1) is 0 Å². The number of nitrogens with zero attached hydrogens (tertiary/aromatic N) is 2.